The molecule has 115 heavy (non-hydrogen) atoms. The van der Waals surface area contributed by atoms with Crippen LogP contribution in [-0.2, 0) is 76.8 Å². The lowest BCUT2D eigenvalue weighted by atomic mass is 9.85. The Morgan fingerprint density at radius 3 is 1.19 bits per heavy atom. The minimum absolute atomic E-state index is 0.00406. The van der Waals surface area contributed by atoms with Crippen LogP contribution in [-0.4, -0.2) is 192 Å². The van der Waals surface area contributed by atoms with Gasteiger partial charge in [-0.2, -0.15) is 0 Å². The molecule has 5 aromatic rings. The molecule has 30 N–H and O–H groups in total. The van der Waals surface area contributed by atoms with Gasteiger partial charge in [0.15, 0.2) is 23.8 Å². The SMILES string of the molecule is CCCC[C@H]1NC(=O)[C@@H](Cc2ccc(F)cc2)NC(=O)[C@H](CCCNC(=N)N)NC(=O)[C@@H](Cc2ccc3ccccc3c2)NC(=O)[C@H](CCCNC(=N)N)NC(=O)[C@H](CCCNC(=N)N)NC(=O)[C@@H](CCCNC(=N)N)NC(=O)[C@@H](C)NC(=O)[C@H](C(C)(C)C)NC(=O)[C@H](Cc2c[nH]c3ccccc23)NC(=O)[C@H](CCC(N)=O)NC1=O. The zero-order chi connectivity index (χ0) is 84.5. The van der Waals surface area contributed by atoms with Crippen molar-refractivity contribution in [2.45, 2.75) is 204 Å². The van der Waals surface area contributed by atoms with E-state index >= 15 is 33.6 Å². The van der Waals surface area contributed by atoms with Crippen molar-refractivity contribution in [1.29, 1.82) is 21.6 Å². The lowest BCUT2D eigenvalue weighted by molar-refractivity contribution is -0.137. The quantitative estimate of drug-likeness (QED) is 0.0152. The van der Waals surface area contributed by atoms with Gasteiger partial charge in [0.05, 0.1) is 0 Å². The monoisotopic (exact) mass is 1600 g/mol. The van der Waals surface area contributed by atoms with E-state index in [2.05, 4.69) is 84.7 Å². The number of unbranched alkanes of at least 4 members (excludes halogenated alkanes) is 1. The van der Waals surface area contributed by atoms with E-state index in [1.54, 1.807) is 82.4 Å². The molecule has 0 spiro atoms. The van der Waals surface area contributed by atoms with Crippen molar-refractivity contribution in [3.8, 4) is 0 Å². The molecule has 0 unspecified atom stereocenters. The Bertz CT molecular complexity index is 4270. The number of nitrogens with one attached hydrogen (secondary N) is 20. The number of fused-ring (bicyclic) bond motifs is 2. The van der Waals surface area contributed by atoms with Gasteiger partial charge in [0, 0.05) is 69.0 Å². The van der Waals surface area contributed by atoms with E-state index in [4.69, 9.17) is 50.3 Å². The van der Waals surface area contributed by atoms with E-state index in [-0.39, 0.29) is 110 Å². The molecule has 12 amide bonds. The fourth-order valence-corrected chi connectivity index (χ4v) is 12.8. The van der Waals surface area contributed by atoms with Gasteiger partial charge < -0.3 is 113 Å². The molecule has 624 valence electrons. The van der Waals surface area contributed by atoms with Crippen molar-refractivity contribution in [1.82, 2.24) is 84.7 Å². The molecule has 1 aliphatic heterocycles. The molecule has 11 atom stereocenters. The zero-order valence-electron chi connectivity index (χ0n) is 65.4. The third kappa shape index (κ3) is 30.7. The van der Waals surface area contributed by atoms with Gasteiger partial charge in [0.1, 0.15) is 72.3 Å². The molecular formula is C77H112FN25O12. The summed E-state index contributed by atoms with van der Waals surface area (Å²) in [4.78, 5) is 181. The number of primary amides is 1. The summed E-state index contributed by atoms with van der Waals surface area (Å²) in [5.41, 5.74) is 29.0. The van der Waals surface area contributed by atoms with E-state index in [1.807, 2.05) is 18.2 Å². The Labute approximate surface area is 665 Å². The van der Waals surface area contributed by atoms with Gasteiger partial charge in [0.25, 0.3) is 0 Å². The van der Waals surface area contributed by atoms with Crippen LogP contribution < -0.4 is 108 Å². The van der Waals surface area contributed by atoms with Gasteiger partial charge in [-0.3, -0.25) is 79.2 Å². The van der Waals surface area contributed by atoms with E-state index in [0.717, 1.165) is 22.9 Å². The van der Waals surface area contributed by atoms with E-state index < -0.39 is 185 Å². The molecule has 4 aromatic carbocycles. The molecule has 2 heterocycles. The van der Waals surface area contributed by atoms with Crippen LogP contribution in [0.15, 0.2) is 97.2 Å². The van der Waals surface area contributed by atoms with Crippen molar-refractivity contribution >= 4 is 116 Å². The van der Waals surface area contributed by atoms with Gasteiger partial charge in [-0.1, -0.05) is 113 Å². The molecule has 0 radical (unpaired) electrons. The van der Waals surface area contributed by atoms with Gasteiger partial charge in [-0.05, 0) is 122 Å². The van der Waals surface area contributed by atoms with Gasteiger partial charge in [-0.25, -0.2) is 4.39 Å². The molecule has 1 aromatic heterocycles. The Morgan fingerprint density at radius 2 is 0.765 bits per heavy atom. The standard InChI is InChI=1S/C77H112FN25O12/c1-6-7-19-51-63(106)99-56(31-32-60(79)104)68(111)102-59(40-47-41-92-50-20-11-10-18-49(47)50)71(114)103-61(77(3,4)5)72(115)93-42(2)62(105)94-52(21-12-33-88-73(80)81)64(107)95-53(22-13-34-89-74(82)83)65(108)96-54(23-14-35-90-75(84)85)66(109)101-58(39-44-25-28-45-16-8-9-17-46(45)37-44)70(113)98-55(24-15-36-91-76(86)87)67(110)100-57(69(112)97-51)38-43-26-29-48(78)30-27-43/h8-11,16-18,20,25-30,37,41-42,51-59,61,92H,6-7,12-15,19,21-24,31-36,38-40H2,1-5H3,(H2,79,104)(H,93,115)(H,94,105)(H,95,107)(H,96,108)(H,97,112)(H,98,113)(H,99,106)(H,100,110)(H,101,109)(H,102,111)(H,103,114)(H4,80,81,88)(H4,82,83,89)(H4,84,85,90)(H4,86,87,91)/t42-,51-,52-,53+,54+,55+,56+,57-,58-,59+,61-/m1/s1. The Balaban J connectivity index is 1.54. The van der Waals surface area contributed by atoms with Gasteiger partial charge >= 0.3 is 0 Å². The number of hydrogen-bond acceptors (Lipinski definition) is 16. The van der Waals surface area contributed by atoms with Crippen LogP contribution in [0.3, 0.4) is 0 Å². The normalized spacial score (nSPS) is 21.8. The molecule has 1 saturated heterocycles. The number of aromatic amines is 1. The molecule has 6 rings (SSSR count). The van der Waals surface area contributed by atoms with Crippen LogP contribution in [0.2, 0.25) is 0 Å². The second-order valence-electron chi connectivity index (χ2n) is 29.4. The van der Waals surface area contributed by atoms with Crippen LogP contribution >= 0.6 is 0 Å². The fourth-order valence-electron chi connectivity index (χ4n) is 12.8. The smallest absolute Gasteiger partial charge is 0.243 e. The van der Waals surface area contributed by atoms with E-state index in [9.17, 15) is 28.4 Å². The highest BCUT2D eigenvalue weighted by molar-refractivity contribution is 6.01. The van der Waals surface area contributed by atoms with Crippen LogP contribution in [0.4, 0.5) is 4.39 Å². The fraction of sp³-hybridized carbons (Fsp3) is 0.481. The van der Waals surface area contributed by atoms with Gasteiger partial charge in [-0.15, -0.1) is 0 Å². The highest BCUT2D eigenvalue weighted by Gasteiger charge is 2.40. The predicted molar refractivity (Wildman–Crippen MR) is 431 cm³/mol. The minimum Gasteiger partial charge on any atom is -0.370 e. The maximum atomic E-state index is 15.4. The van der Waals surface area contributed by atoms with Crippen molar-refractivity contribution < 1.29 is 61.9 Å². The zero-order valence-corrected chi connectivity index (χ0v) is 65.4. The number of carbonyl (C=O) groups is 12. The van der Waals surface area contributed by atoms with Crippen molar-refractivity contribution in [3.05, 3.63) is 120 Å². The summed E-state index contributed by atoms with van der Waals surface area (Å²) >= 11 is 0. The molecule has 0 aliphatic carbocycles. The first-order valence-corrected chi connectivity index (χ1v) is 38.3. The average Bonchev–Trinajstić information content (AvgIpc) is 1.76. The first kappa shape index (κ1) is 91.2. The third-order valence-electron chi connectivity index (χ3n) is 19.0. The van der Waals surface area contributed by atoms with Crippen LogP contribution in [0.25, 0.3) is 21.7 Å². The molecular weight excluding hydrogens is 1490 g/mol. The number of carbonyl (C=O) groups excluding carboxylic acids is 12. The number of rotatable bonds is 28. The lowest BCUT2D eigenvalue weighted by Crippen LogP contribution is -2.62. The Hall–Kier alpha value is -12.7. The lowest BCUT2D eigenvalue weighted by Gasteiger charge is -2.33. The largest absolute Gasteiger partial charge is 0.370 e. The number of benzene rings is 4. The van der Waals surface area contributed by atoms with E-state index in [1.165, 1.54) is 19.1 Å². The minimum atomic E-state index is -1.67. The van der Waals surface area contributed by atoms with Crippen LogP contribution in [0, 0.1) is 32.9 Å². The molecule has 0 bridgehead atoms. The van der Waals surface area contributed by atoms with Crippen LogP contribution in [0.1, 0.15) is 135 Å². The third-order valence-corrected chi connectivity index (χ3v) is 19.0. The van der Waals surface area contributed by atoms with Crippen LogP contribution in [0.5, 0.6) is 0 Å². The number of H-pyrrole nitrogens is 1. The maximum absolute atomic E-state index is 15.4. The van der Waals surface area contributed by atoms with Crippen molar-refractivity contribution in [2.75, 3.05) is 26.2 Å². The molecule has 0 saturated carbocycles. The highest BCUT2D eigenvalue weighted by atomic mass is 19.1. The Kier molecular flexibility index (Phi) is 35.8. The number of halogens is 1. The first-order chi connectivity index (χ1) is 54.6. The topological polar surface area (TPSA) is 627 Å². The Morgan fingerprint density at radius 1 is 0.409 bits per heavy atom. The summed E-state index contributed by atoms with van der Waals surface area (Å²) in [6, 6.07) is 7.36. The second kappa shape index (κ2) is 45.1. The number of hydrogen-bond donors (Lipinski definition) is 25. The number of guanidine groups is 4. The number of para-hydroxylation sites is 1. The number of nitrogens with two attached hydrogens (primary N) is 5. The number of aromatic nitrogens is 1. The van der Waals surface area contributed by atoms with Gasteiger partial charge in [0.2, 0.25) is 70.9 Å². The highest BCUT2D eigenvalue weighted by Crippen LogP contribution is 2.24. The van der Waals surface area contributed by atoms with Crippen molar-refractivity contribution in [2.24, 2.45) is 34.1 Å². The molecule has 37 nitrogen and oxygen atoms in total. The van der Waals surface area contributed by atoms with Crippen molar-refractivity contribution in [3.63, 3.8) is 0 Å². The molecule has 1 aliphatic rings. The summed E-state index contributed by atoms with van der Waals surface area (Å²) in [6.45, 7) is 7.93. The summed E-state index contributed by atoms with van der Waals surface area (Å²) in [5, 5.41) is 73.8. The summed E-state index contributed by atoms with van der Waals surface area (Å²) in [6.07, 6.45) is -0.236. The predicted octanol–water partition coefficient (Wildman–Crippen LogP) is -1.59. The summed E-state index contributed by atoms with van der Waals surface area (Å²) in [5.74, 6) is -13.8. The molecule has 38 heteroatoms. The summed E-state index contributed by atoms with van der Waals surface area (Å²) in [7, 11) is 0. The first-order valence-electron chi connectivity index (χ1n) is 38.3. The second-order valence-corrected chi connectivity index (χ2v) is 29.4. The maximum Gasteiger partial charge on any atom is 0.243 e. The molecule has 1 fully saturated rings. The average molecular weight is 1600 g/mol. The number of amides is 12. The summed E-state index contributed by atoms with van der Waals surface area (Å²) < 4.78 is 14.6. The van der Waals surface area contributed by atoms with E-state index in [0.29, 0.717) is 34.0 Å².